The zero-order valence-corrected chi connectivity index (χ0v) is 11.8. The quantitative estimate of drug-likeness (QED) is 0.845. The van der Waals surface area contributed by atoms with Crippen molar-refractivity contribution in [3.63, 3.8) is 0 Å². The number of halogens is 2. The number of aldehydes is 1. The van der Waals surface area contributed by atoms with Crippen molar-refractivity contribution >= 4 is 34.0 Å². The van der Waals surface area contributed by atoms with Gasteiger partial charge in [-0.15, -0.1) is 0 Å². The van der Waals surface area contributed by atoms with E-state index in [1.807, 2.05) is 0 Å². The monoisotopic (exact) mass is 317 g/mol. The van der Waals surface area contributed by atoms with Gasteiger partial charge in [0.2, 0.25) is 0 Å². The molecule has 0 aromatic heterocycles. The molecule has 6 heteroatoms. The first-order chi connectivity index (χ1) is 8.24. The Morgan fingerprint density at radius 3 is 2.56 bits per heavy atom. The molecule has 0 atom stereocenters. The lowest BCUT2D eigenvalue weighted by molar-refractivity contribution is 0.0636. The van der Waals surface area contributed by atoms with Crippen molar-refractivity contribution < 1.29 is 18.7 Å². The van der Waals surface area contributed by atoms with Gasteiger partial charge in [0, 0.05) is 0 Å². The average Bonchev–Trinajstić information content (AvgIpc) is 2.21. The first kappa shape index (κ1) is 14.6. The maximum absolute atomic E-state index is 13.6. The van der Waals surface area contributed by atoms with Gasteiger partial charge in [-0.1, -0.05) is 0 Å². The Bertz CT molecular complexity index is 483. The molecular formula is C12H13BrFNO3. The normalized spacial score (nSPS) is 10.9. The Kier molecular flexibility index (Phi) is 4.45. The van der Waals surface area contributed by atoms with Crippen LogP contribution in [-0.2, 0) is 4.74 Å². The van der Waals surface area contributed by atoms with Gasteiger partial charge in [-0.3, -0.25) is 10.1 Å². The van der Waals surface area contributed by atoms with E-state index in [1.54, 1.807) is 20.8 Å². The Morgan fingerprint density at radius 1 is 1.44 bits per heavy atom. The summed E-state index contributed by atoms with van der Waals surface area (Å²) in [6, 6.07) is 2.82. The maximum Gasteiger partial charge on any atom is 0.412 e. The number of hydrogen-bond donors (Lipinski definition) is 1. The highest BCUT2D eigenvalue weighted by Crippen LogP contribution is 2.25. The Balaban J connectivity index is 2.95. The lowest BCUT2D eigenvalue weighted by Crippen LogP contribution is -2.27. The molecule has 0 bridgehead atoms. The van der Waals surface area contributed by atoms with Crippen LogP contribution < -0.4 is 5.32 Å². The summed E-state index contributed by atoms with van der Waals surface area (Å²) < 4.78 is 18.7. The summed E-state index contributed by atoms with van der Waals surface area (Å²) in [6.45, 7) is 5.11. The number of hydrogen-bond acceptors (Lipinski definition) is 3. The molecule has 18 heavy (non-hydrogen) atoms. The number of carbonyl (C=O) groups is 2. The van der Waals surface area contributed by atoms with Crippen LogP contribution in [0.2, 0.25) is 0 Å². The van der Waals surface area contributed by atoms with Gasteiger partial charge in [0.15, 0.2) is 6.29 Å². The summed E-state index contributed by atoms with van der Waals surface area (Å²) in [4.78, 5) is 22.3. The number of carbonyl (C=O) groups excluding carboxylic acids is 2. The van der Waals surface area contributed by atoms with E-state index >= 15 is 0 Å². The second-order valence-electron chi connectivity index (χ2n) is 4.57. The molecule has 0 radical (unpaired) electrons. The molecule has 1 N–H and O–H groups in total. The fourth-order valence-electron chi connectivity index (χ4n) is 1.20. The second-order valence-corrected chi connectivity index (χ2v) is 5.42. The molecule has 0 aliphatic carbocycles. The van der Waals surface area contributed by atoms with Crippen LogP contribution in [-0.4, -0.2) is 18.0 Å². The third-order valence-corrected chi connectivity index (χ3v) is 2.50. The highest BCUT2D eigenvalue weighted by atomic mass is 79.9. The van der Waals surface area contributed by atoms with Crippen LogP contribution in [0.3, 0.4) is 0 Å². The molecule has 0 fully saturated rings. The Morgan fingerprint density at radius 2 is 2.06 bits per heavy atom. The largest absolute Gasteiger partial charge is 0.444 e. The van der Waals surface area contributed by atoms with Crippen molar-refractivity contribution in [1.29, 1.82) is 0 Å². The number of nitrogens with one attached hydrogen (secondary N) is 1. The van der Waals surface area contributed by atoms with E-state index in [2.05, 4.69) is 21.2 Å². The minimum absolute atomic E-state index is 0.0694. The minimum Gasteiger partial charge on any atom is -0.444 e. The van der Waals surface area contributed by atoms with E-state index in [0.29, 0.717) is 6.29 Å². The predicted molar refractivity (Wildman–Crippen MR) is 69.3 cm³/mol. The lowest BCUT2D eigenvalue weighted by atomic mass is 10.2. The average molecular weight is 318 g/mol. The fraction of sp³-hybridized carbons (Fsp3) is 0.333. The molecule has 1 amide bonds. The molecule has 0 aliphatic rings. The molecule has 0 unspecified atom stereocenters. The highest BCUT2D eigenvalue weighted by Gasteiger charge is 2.18. The smallest absolute Gasteiger partial charge is 0.412 e. The van der Waals surface area contributed by atoms with Gasteiger partial charge in [-0.05, 0) is 48.8 Å². The van der Waals surface area contributed by atoms with E-state index < -0.39 is 17.5 Å². The summed E-state index contributed by atoms with van der Waals surface area (Å²) >= 11 is 2.96. The van der Waals surface area contributed by atoms with E-state index in [0.717, 1.165) is 0 Å². The molecule has 1 rings (SSSR count). The van der Waals surface area contributed by atoms with Gasteiger partial charge in [0.25, 0.3) is 0 Å². The molecule has 4 nitrogen and oxygen atoms in total. The van der Waals surface area contributed by atoms with Crippen LogP contribution in [0.15, 0.2) is 16.6 Å². The standard InChI is InChI=1S/C12H13BrFNO3/c1-12(2,3)18-11(17)15-9-5-4-8(13)10(14)7(9)6-16/h4-6H,1-3H3,(H,15,17). The SMILES string of the molecule is CC(C)(C)OC(=O)Nc1ccc(Br)c(F)c1C=O. The van der Waals surface area contributed by atoms with Gasteiger partial charge in [-0.25, -0.2) is 9.18 Å². The van der Waals surface area contributed by atoms with E-state index in [-0.39, 0.29) is 15.7 Å². The van der Waals surface area contributed by atoms with Crippen molar-refractivity contribution in [2.75, 3.05) is 5.32 Å². The number of amides is 1. The van der Waals surface area contributed by atoms with E-state index in [4.69, 9.17) is 4.74 Å². The van der Waals surface area contributed by atoms with Gasteiger partial charge in [0.05, 0.1) is 15.7 Å². The fourth-order valence-corrected chi connectivity index (χ4v) is 1.55. The van der Waals surface area contributed by atoms with E-state index in [9.17, 15) is 14.0 Å². The van der Waals surface area contributed by atoms with Crippen LogP contribution in [0, 0.1) is 5.82 Å². The first-order valence-electron chi connectivity index (χ1n) is 5.18. The van der Waals surface area contributed by atoms with Crippen molar-refractivity contribution in [1.82, 2.24) is 0 Å². The number of benzene rings is 1. The molecule has 1 aromatic rings. The van der Waals surface area contributed by atoms with Gasteiger partial charge in [-0.2, -0.15) is 0 Å². The second kappa shape index (κ2) is 5.48. The van der Waals surface area contributed by atoms with Crippen molar-refractivity contribution in [2.24, 2.45) is 0 Å². The minimum atomic E-state index is -0.743. The number of ether oxygens (including phenoxy) is 1. The van der Waals surface area contributed by atoms with Crippen LogP contribution >= 0.6 is 15.9 Å². The van der Waals surface area contributed by atoms with Gasteiger partial charge >= 0.3 is 6.09 Å². The van der Waals surface area contributed by atoms with Crippen molar-refractivity contribution in [2.45, 2.75) is 26.4 Å². The Hall–Kier alpha value is -1.43. The molecule has 98 valence electrons. The number of rotatable bonds is 2. The third kappa shape index (κ3) is 3.80. The summed E-state index contributed by atoms with van der Waals surface area (Å²) in [5.41, 5.74) is -0.825. The van der Waals surface area contributed by atoms with E-state index in [1.165, 1.54) is 12.1 Å². The van der Waals surface area contributed by atoms with Crippen molar-refractivity contribution in [3.05, 3.63) is 28.0 Å². The summed E-state index contributed by atoms with van der Waals surface area (Å²) in [6.07, 6.45) is -0.403. The van der Waals surface area contributed by atoms with Crippen molar-refractivity contribution in [3.8, 4) is 0 Å². The lowest BCUT2D eigenvalue weighted by Gasteiger charge is -2.20. The first-order valence-corrected chi connectivity index (χ1v) is 5.97. The molecule has 0 spiro atoms. The predicted octanol–water partition coefficient (Wildman–Crippen LogP) is 3.75. The third-order valence-electron chi connectivity index (χ3n) is 1.89. The summed E-state index contributed by atoms with van der Waals surface area (Å²) in [5.74, 6) is -0.724. The van der Waals surface area contributed by atoms with Gasteiger partial charge < -0.3 is 4.74 Å². The van der Waals surface area contributed by atoms with Crippen LogP contribution in [0.4, 0.5) is 14.9 Å². The highest BCUT2D eigenvalue weighted by molar-refractivity contribution is 9.10. The molecule has 0 aliphatic heterocycles. The van der Waals surface area contributed by atoms with Crippen LogP contribution in [0.5, 0.6) is 0 Å². The summed E-state index contributed by atoms with van der Waals surface area (Å²) in [7, 11) is 0. The zero-order chi connectivity index (χ0) is 13.9. The Labute approximate surface area is 113 Å². The molecule has 0 heterocycles. The molecule has 0 saturated heterocycles. The molecule has 1 aromatic carbocycles. The number of anilines is 1. The molecular weight excluding hydrogens is 305 g/mol. The molecule has 0 saturated carbocycles. The topological polar surface area (TPSA) is 55.4 Å². The van der Waals surface area contributed by atoms with Gasteiger partial charge in [0.1, 0.15) is 11.4 Å². The maximum atomic E-state index is 13.6. The van der Waals surface area contributed by atoms with Crippen LogP contribution in [0.1, 0.15) is 31.1 Å². The summed E-state index contributed by atoms with van der Waals surface area (Å²) in [5, 5.41) is 2.33. The zero-order valence-electron chi connectivity index (χ0n) is 10.2. The van der Waals surface area contributed by atoms with Crippen LogP contribution in [0.25, 0.3) is 0 Å².